The van der Waals surface area contributed by atoms with Gasteiger partial charge in [-0.3, -0.25) is 14.4 Å². The van der Waals surface area contributed by atoms with Crippen LogP contribution < -0.4 is 10.1 Å². The summed E-state index contributed by atoms with van der Waals surface area (Å²) in [6, 6.07) is 7.01. The number of Topliss-reactive ketones (excluding diaryl/α,β-unsaturated/α-hetero) is 1. The second-order valence-electron chi connectivity index (χ2n) is 8.67. The minimum atomic E-state index is -0.735. The van der Waals surface area contributed by atoms with Crippen LogP contribution in [0, 0.1) is 11.3 Å². The molecule has 2 amide bonds. The second-order valence-corrected chi connectivity index (χ2v) is 8.67. The largest absolute Gasteiger partial charge is 0.497 e. The zero-order chi connectivity index (χ0) is 21.2. The molecule has 1 aliphatic heterocycles. The highest BCUT2D eigenvalue weighted by atomic mass is 16.5. The van der Waals surface area contributed by atoms with E-state index in [4.69, 9.17) is 4.74 Å². The van der Waals surface area contributed by atoms with E-state index in [0.717, 1.165) is 18.5 Å². The van der Waals surface area contributed by atoms with Crippen molar-refractivity contribution < 1.29 is 19.1 Å². The maximum atomic E-state index is 13.1. The Bertz CT molecular complexity index is 839. The van der Waals surface area contributed by atoms with Crippen LogP contribution in [0.15, 0.2) is 35.5 Å². The lowest BCUT2D eigenvalue weighted by Gasteiger charge is -2.42. The average Bonchev–Trinajstić information content (AvgIpc) is 2.66. The van der Waals surface area contributed by atoms with Crippen LogP contribution in [0.2, 0.25) is 0 Å². The van der Waals surface area contributed by atoms with E-state index >= 15 is 0 Å². The van der Waals surface area contributed by atoms with Crippen molar-refractivity contribution in [2.24, 2.45) is 11.3 Å². The highest BCUT2D eigenvalue weighted by Crippen LogP contribution is 2.44. The third-order valence-electron chi connectivity index (χ3n) is 5.66. The van der Waals surface area contributed by atoms with Crippen molar-refractivity contribution >= 4 is 23.3 Å². The number of carbonyl (C=O) groups is 3. The number of allylic oxidation sites excluding steroid dienone is 1. The summed E-state index contributed by atoms with van der Waals surface area (Å²) in [7, 11) is 1.58. The van der Waals surface area contributed by atoms with Crippen LogP contribution in [0.1, 0.15) is 52.9 Å². The molecule has 0 fully saturated rings. The van der Waals surface area contributed by atoms with Gasteiger partial charge in [-0.25, -0.2) is 0 Å². The van der Waals surface area contributed by atoms with Crippen LogP contribution in [0.4, 0.5) is 5.69 Å². The number of amides is 2. The first-order valence-electron chi connectivity index (χ1n) is 10.3. The minimum absolute atomic E-state index is 0.0138. The van der Waals surface area contributed by atoms with Crippen LogP contribution in [-0.2, 0) is 14.4 Å². The van der Waals surface area contributed by atoms with Gasteiger partial charge in [-0.1, -0.05) is 27.2 Å². The molecule has 1 aromatic carbocycles. The Morgan fingerprint density at radius 1 is 1.21 bits per heavy atom. The average molecular weight is 399 g/mol. The molecule has 156 valence electrons. The summed E-state index contributed by atoms with van der Waals surface area (Å²) in [5, 5.41) is 2.86. The number of methoxy groups -OCH3 is 1. The Morgan fingerprint density at radius 2 is 1.90 bits per heavy atom. The molecular formula is C23H30N2O4. The van der Waals surface area contributed by atoms with Gasteiger partial charge in [0.1, 0.15) is 5.75 Å². The molecule has 0 saturated carbocycles. The summed E-state index contributed by atoms with van der Waals surface area (Å²) >= 11 is 0. The quantitative estimate of drug-likeness (QED) is 0.788. The van der Waals surface area contributed by atoms with Crippen molar-refractivity contribution in [3.05, 3.63) is 35.5 Å². The zero-order valence-corrected chi connectivity index (χ0v) is 17.7. The summed E-state index contributed by atoms with van der Waals surface area (Å²) in [6.07, 6.45) is 2.91. The summed E-state index contributed by atoms with van der Waals surface area (Å²) in [5.41, 5.74) is 1.69. The molecule has 6 nitrogen and oxygen atoms in total. The van der Waals surface area contributed by atoms with Crippen molar-refractivity contribution in [3.63, 3.8) is 0 Å². The van der Waals surface area contributed by atoms with Gasteiger partial charge in [0, 0.05) is 36.3 Å². The molecule has 1 N–H and O–H groups in total. The van der Waals surface area contributed by atoms with Crippen LogP contribution >= 0.6 is 0 Å². The van der Waals surface area contributed by atoms with E-state index in [1.807, 2.05) is 13.8 Å². The van der Waals surface area contributed by atoms with Gasteiger partial charge in [-0.05, 0) is 42.5 Å². The number of nitrogens with one attached hydrogen (secondary N) is 1. The van der Waals surface area contributed by atoms with Crippen LogP contribution in [-0.4, -0.2) is 36.2 Å². The fourth-order valence-corrected chi connectivity index (χ4v) is 4.18. The number of ether oxygens (including phenoxy) is 1. The normalized spacial score (nSPS) is 21.1. The predicted molar refractivity (Wildman–Crippen MR) is 111 cm³/mol. The van der Waals surface area contributed by atoms with Gasteiger partial charge in [-0.15, -0.1) is 0 Å². The van der Waals surface area contributed by atoms with Gasteiger partial charge in [0.15, 0.2) is 5.78 Å². The Morgan fingerprint density at radius 3 is 2.52 bits per heavy atom. The Kier molecular flexibility index (Phi) is 6.10. The van der Waals surface area contributed by atoms with Crippen LogP contribution in [0.5, 0.6) is 5.75 Å². The van der Waals surface area contributed by atoms with Crippen LogP contribution in [0.3, 0.4) is 0 Å². The monoisotopic (exact) mass is 398 g/mol. The maximum absolute atomic E-state index is 13.1. The first kappa shape index (κ1) is 21.1. The minimum Gasteiger partial charge on any atom is -0.497 e. The molecular weight excluding hydrogens is 368 g/mol. The van der Waals surface area contributed by atoms with E-state index in [2.05, 4.69) is 12.2 Å². The Balaban J connectivity index is 1.92. The van der Waals surface area contributed by atoms with Crippen molar-refractivity contribution in [3.8, 4) is 5.75 Å². The molecule has 0 aromatic heterocycles. The number of ketones is 1. The van der Waals surface area contributed by atoms with Crippen molar-refractivity contribution in [1.82, 2.24) is 4.90 Å². The van der Waals surface area contributed by atoms with Crippen LogP contribution in [0.25, 0.3) is 0 Å². The molecule has 1 heterocycles. The fourth-order valence-electron chi connectivity index (χ4n) is 4.18. The van der Waals surface area contributed by atoms with E-state index in [1.54, 1.807) is 36.3 Å². The highest BCUT2D eigenvalue weighted by Gasteiger charge is 2.45. The first-order valence-corrected chi connectivity index (χ1v) is 10.3. The first-order chi connectivity index (χ1) is 13.8. The summed E-state index contributed by atoms with van der Waals surface area (Å²) in [5.74, 6) is -0.435. The number of nitrogens with zero attached hydrogens (tertiary/aromatic N) is 1. The molecule has 1 aliphatic carbocycles. The van der Waals surface area contributed by atoms with Gasteiger partial charge < -0.3 is 15.0 Å². The molecule has 29 heavy (non-hydrogen) atoms. The van der Waals surface area contributed by atoms with Gasteiger partial charge in [0.25, 0.3) is 0 Å². The lowest BCUT2D eigenvalue weighted by Crippen LogP contribution is -2.47. The van der Waals surface area contributed by atoms with Crippen molar-refractivity contribution in [2.45, 2.75) is 52.9 Å². The van der Waals surface area contributed by atoms with Gasteiger partial charge in [0.2, 0.25) is 11.8 Å². The second kappa shape index (κ2) is 8.39. The summed E-state index contributed by atoms with van der Waals surface area (Å²) in [4.78, 5) is 40.7. The number of unbranched alkanes of at least 4 members (excludes halogenated alkanes) is 1. The fraction of sp³-hybridized carbons (Fsp3) is 0.522. The predicted octanol–water partition coefficient (Wildman–Crippen LogP) is 3.93. The molecule has 0 bridgehead atoms. The standard InChI is InChI=1S/C23H30N2O4/c1-5-6-11-25-18-13-23(2,3)14-19(26)21(18)17(12-20(25)27)22(28)24-15-7-9-16(29-4)10-8-15/h7-10,17H,5-6,11-14H2,1-4H3,(H,24,28). The van der Waals surface area contributed by atoms with Gasteiger partial charge in [-0.2, -0.15) is 0 Å². The maximum Gasteiger partial charge on any atom is 0.232 e. The molecule has 3 rings (SSSR count). The smallest absolute Gasteiger partial charge is 0.232 e. The molecule has 1 unspecified atom stereocenters. The lowest BCUT2D eigenvalue weighted by atomic mass is 9.70. The van der Waals surface area contributed by atoms with E-state index in [9.17, 15) is 14.4 Å². The van der Waals surface area contributed by atoms with E-state index in [0.29, 0.717) is 36.4 Å². The van der Waals surface area contributed by atoms with E-state index in [1.165, 1.54) is 0 Å². The van der Waals surface area contributed by atoms with Crippen molar-refractivity contribution in [1.29, 1.82) is 0 Å². The van der Waals surface area contributed by atoms with E-state index < -0.39 is 5.92 Å². The number of benzene rings is 1. The number of rotatable bonds is 6. The number of hydrogen-bond acceptors (Lipinski definition) is 4. The lowest BCUT2D eigenvalue weighted by molar-refractivity contribution is -0.136. The third-order valence-corrected chi connectivity index (χ3v) is 5.66. The summed E-state index contributed by atoms with van der Waals surface area (Å²) < 4.78 is 5.14. The zero-order valence-electron chi connectivity index (χ0n) is 17.7. The molecule has 0 saturated heterocycles. The van der Waals surface area contributed by atoms with Gasteiger partial charge >= 0.3 is 0 Å². The molecule has 0 radical (unpaired) electrons. The number of hydrogen-bond donors (Lipinski definition) is 1. The van der Waals surface area contributed by atoms with Crippen molar-refractivity contribution in [2.75, 3.05) is 19.0 Å². The molecule has 1 atom stereocenters. The van der Waals surface area contributed by atoms with Gasteiger partial charge in [0.05, 0.1) is 13.0 Å². The molecule has 6 heteroatoms. The SMILES string of the molecule is CCCCN1C(=O)CC(C(=O)Nc2ccc(OC)cc2)C2=C1CC(C)(C)CC2=O. The third kappa shape index (κ3) is 4.52. The molecule has 0 spiro atoms. The Hall–Kier alpha value is -2.63. The van der Waals surface area contributed by atoms with E-state index in [-0.39, 0.29) is 29.4 Å². The number of carbonyl (C=O) groups excluding carboxylic acids is 3. The Labute approximate surface area is 172 Å². The molecule has 2 aliphatic rings. The topological polar surface area (TPSA) is 75.7 Å². The number of anilines is 1. The highest BCUT2D eigenvalue weighted by molar-refractivity contribution is 6.09. The summed E-state index contributed by atoms with van der Waals surface area (Å²) in [6.45, 7) is 6.76. The molecule has 1 aromatic rings.